The second-order valence-electron chi connectivity index (χ2n) is 6.98. The highest BCUT2D eigenvalue weighted by molar-refractivity contribution is 4.99. The third kappa shape index (κ3) is 3.98. The van der Waals surface area contributed by atoms with Gasteiger partial charge < -0.3 is 5.32 Å². The van der Waals surface area contributed by atoms with E-state index >= 15 is 0 Å². The molecular weight excluding hydrogens is 244 g/mol. The van der Waals surface area contributed by atoms with Gasteiger partial charge in [0.25, 0.3) is 0 Å². The van der Waals surface area contributed by atoms with Crippen molar-refractivity contribution in [1.29, 1.82) is 0 Å². The highest BCUT2D eigenvalue weighted by atomic mass is 15.2. The van der Waals surface area contributed by atoms with E-state index in [4.69, 9.17) is 0 Å². The van der Waals surface area contributed by atoms with E-state index < -0.39 is 0 Å². The fraction of sp³-hybridized carbons (Fsp3) is 1.00. The molecule has 0 aromatic rings. The van der Waals surface area contributed by atoms with Crippen LogP contribution in [0.1, 0.15) is 73.6 Å². The van der Waals surface area contributed by atoms with Gasteiger partial charge in [-0.25, -0.2) is 0 Å². The van der Waals surface area contributed by atoms with Crippen LogP contribution in [0.15, 0.2) is 0 Å². The van der Waals surface area contributed by atoms with Crippen LogP contribution in [-0.4, -0.2) is 36.1 Å². The van der Waals surface area contributed by atoms with Crippen molar-refractivity contribution in [2.24, 2.45) is 11.8 Å². The second kappa shape index (κ2) is 8.38. The van der Waals surface area contributed by atoms with Gasteiger partial charge in [-0.15, -0.1) is 0 Å². The summed E-state index contributed by atoms with van der Waals surface area (Å²) in [6, 6.07) is 0.623. The summed E-state index contributed by atoms with van der Waals surface area (Å²) >= 11 is 0. The fourth-order valence-corrected chi connectivity index (χ4v) is 4.56. The predicted octanol–water partition coefficient (Wildman–Crippen LogP) is 4.30. The van der Waals surface area contributed by atoms with Crippen LogP contribution in [0.2, 0.25) is 0 Å². The van der Waals surface area contributed by atoms with E-state index in [2.05, 4.69) is 51.8 Å². The van der Waals surface area contributed by atoms with Gasteiger partial charge in [-0.3, -0.25) is 4.90 Å². The van der Waals surface area contributed by atoms with Gasteiger partial charge in [-0.1, -0.05) is 53.4 Å². The molecule has 0 bridgehead atoms. The molecule has 2 nitrogen and oxygen atoms in total. The second-order valence-corrected chi connectivity index (χ2v) is 6.98. The van der Waals surface area contributed by atoms with E-state index in [1.807, 2.05) is 0 Å². The Bertz CT molecular complexity index is 258. The summed E-state index contributed by atoms with van der Waals surface area (Å²) in [5.74, 6) is 1.77. The number of rotatable bonds is 8. The Morgan fingerprint density at radius 1 is 1.05 bits per heavy atom. The average Bonchev–Trinajstić information content (AvgIpc) is 2.45. The smallest absolute Gasteiger partial charge is 0.0308 e. The molecule has 1 fully saturated rings. The van der Waals surface area contributed by atoms with Crippen LogP contribution in [0.25, 0.3) is 0 Å². The van der Waals surface area contributed by atoms with Crippen molar-refractivity contribution in [2.75, 3.05) is 19.6 Å². The summed E-state index contributed by atoms with van der Waals surface area (Å²) in [6.07, 6.45) is 7.08. The maximum atomic E-state index is 3.86. The Labute approximate surface area is 127 Å². The Kier molecular flexibility index (Phi) is 7.53. The normalized spacial score (nSPS) is 25.9. The van der Waals surface area contributed by atoms with Gasteiger partial charge in [0.15, 0.2) is 0 Å². The molecule has 1 rings (SSSR count). The molecule has 3 atom stereocenters. The van der Waals surface area contributed by atoms with Gasteiger partial charge in [-0.05, 0) is 51.7 Å². The monoisotopic (exact) mass is 282 g/mol. The molecule has 0 amide bonds. The van der Waals surface area contributed by atoms with Gasteiger partial charge in [0.05, 0.1) is 0 Å². The lowest BCUT2D eigenvalue weighted by Gasteiger charge is -2.50. The van der Waals surface area contributed by atoms with Gasteiger partial charge in [-0.2, -0.15) is 0 Å². The molecule has 0 aromatic heterocycles. The van der Waals surface area contributed by atoms with Crippen molar-refractivity contribution >= 4 is 0 Å². The van der Waals surface area contributed by atoms with Crippen molar-refractivity contribution in [3.05, 3.63) is 0 Å². The van der Waals surface area contributed by atoms with Crippen LogP contribution in [0, 0.1) is 11.8 Å². The van der Waals surface area contributed by atoms with Crippen molar-refractivity contribution in [3.8, 4) is 0 Å². The molecule has 0 aromatic carbocycles. The molecule has 0 saturated heterocycles. The molecule has 1 saturated carbocycles. The number of hydrogen-bond acceptors (Lipinski definition) is 2. The van der Waals surface area contributed by atoms with Gasteiger partial charge in [0.2, 0.25) is 0 Å². The van der Waals surface area contributed by atoms with Crippen LogP contribution in [-0.2, 0) is 0 Å². The van der Waals surface area contributed by atoms with Crippen LogP contribution in [0.4, 0.5) is 0 Å². The van der Waals surface area contributed by atoms with Gasteiger partial charge in [0, 0.05) is 11.6 Å². The Hall–Kier alpha value is -0.0800. The summed E-state index contributed by atoms with van der Waals surface area (Å²) in [7, 11) is 0. The summed E-state index contributed by atoms with van der Waals surface area (Å²) in [4.78, 5) is 2.64. The number of nitrogens with one attached hydrogen (secondary N) is 1. The molecule has 1 aliphatic carbocycles. The zero-order chi connectivity index (χ0) is 15.2. The van der Waals surface area contributed by atoms with E-state index in [1.165, 1.54) is 32.1 Å². The summed E-state index contributed by atoms with van der Waals surface area (Å²) in [6.45, 7) is 17.5. The Morgan fingerprint density at radius 3 is 2.15 bits per heavy atom. The molecule has 120 valence electrons. The maximum absolute atomic E-state index is 3.86. The molecule has 0 spiro atoms. The first-order valence-electron chi connectivity index (χ1n) is 9.01. The number of likely N-dealkylation sites (N-methyl/N-ethyl adjacent to an activating group) is 2. The molecule has 0 aliphatic heterocycles. The highest BCUT2D eigenvalue weighted by Gasteiger charge is 2.41. The first-order valence-corrected chi connectivity index (χ1v) is 9.01. The third-order valence-electron chi connectivity index (χ3n) is 5.68. The van der Waals surface area contributed by atoms with Crippen molar-refractivity contribution < 1.29 is 0 Å². The first kappa shape index (κ1) is 18.0. The zero-order valence-electron chi connectivity index (χ0n) is 14.8. The third-order valence-corrected chi connectivity index (χ3v) is 5.68. The van der Waals surface area contributed by atoms with Crippen LogP contribution in [0.3, 0.4) is 0 Å². The molecule has 1 aliphatic rings. The molecule has 2 heteroatoms. The Balaban J connectivity index is 2.95. The quantitative estimate of drug-likeness (QED) is 0.714. The average molecular weight is 283 g/mol. The minimum atomic E-state index is 0.245. The number of nitrogens with zero attached hydrogens (tertiary/aromatic N) is 1. The predicted molar refractivity (Wildman–Crippen MR) is 90.2 cm³/mol. The van der Waals surface area contributed by atoms with E-state index in [0.717, 1.165) is 31.5 Å². The maximum Gasteiger partial charge on any atom is 0.0308 e. The molecule has 3 unspecified atom stereocenters. The van der Waals surface area contributed by atoms with Crippen LogP contribution in [0.5, 0.6) is 0 Å². The largest absolute Gasteiger partial charge is 0.312 e. The van der Waals surface area contributed by atoms with Crippen molar-refractivity contribution in [2.45, 2.75) is 85.2 Å². The summed E-state index contributed by atoms with van der Waals surface area (Å²) < 4.78 is 0. The molecule has 1 N–H and O–H groups in total. The van der Waals surface area contributed by atoms with Crippen molar-refractivity contribution in [1.82, 2.24) is 10.2 Å². The Morgan fingerprint density at radius 2 is 1.65 bits per heavy atom. The zero-order valence-corrected chi connectivity index (χ0v) is 14.8. The molecule has 0 heterocycles. The minimum absolute atomic E-state index is 0.245. The fourth-order valence-electron chi connectivity index (χ4n) is 4.56. The lowest BCUT2D eigenvalue weighted by molar-refractivity contribution is 0.0345. The molecular formula is C18H38N2. The van der Waals surface area contributed by atoms with E-state index in [-0.39, 0.29) is 5.54 Å². The standard InChI is InChI=1S/C18H38N2/c1-7-15-13-11-12-14-16(15)17(19-8-2)18(5,6)20(9-3)10-4/h15-17,19H,7-14H2,1-6H3. The summed E-state index contributed by atoms with van der Waals surface area (Å²) in [5, 5.41) is 3.86. The van der Waals surface area contributed by atoms with Crippen molar-refractivity contribution in [3.63, 3.8) is 0 Å². The lowest BCUT2D eigenvalue weighted by atomic mass is 9.69. The van der Waals surface area contributed by atoms with E-state index in [9.17, 15) is 0 Å². The van der Waals surface area contributed by atoms with Crippen LogP contribution < -0.4 is 5.32 Å². The lowest BCUT2D eigenvalue weighted by Crippen LogP contribution is -2.61. The number of hydrogen-bond donors (Lipinski definition) is 1. The van der Waals surface area contributed by atoms with Gasteiger partial charge in [0.1, 0.15) is 0 Å². The van der Waals surface area contributed by atoms with E-state index in [0.29, 0.717) is 6.04 Å². The summed E-state index contributed by atoms with van der Waals surface area (Å²) in [5.41, 5.74) is 0.245. The SMILES string of the molecule is CCNC(C1CCCCC1CC)C(C)(C)N(CC)CC. The van der Waals surface area contributed by atoms with Gasteiger partial charge >= 0.3 is 0 Å². The first-order chi connectivity index (χ1) is 9.52. The van der Waals surface area contributed by atoms with E-state index in [1.54, 1.807) is 0 Å². The molecule has 20 heavy (non-hydrogen) atoms. The topological polar surface area (TPSA) is 15.3 Å². The van der Waals surface area contributed by atoms with Crippen LogP contribution >= 0.6 is 0 Å². The minimum Gasteiger partial charge on any atom is -0.312 e. The highest BCUT2D eigenvalue weighted by Crippen LogP contribution is 2.39. The molecule has 0 radical (unpaired) electrons.